The fraction of sp³-hybridized carbons (Fsp3) is 0.533. The van der Waals surface area contributed by atoms with Crippen molar-refractivity contribution in [3.8, 4) is 0 Å². The molecule has 0 heterocycles. The van der Waals surface area contributed by atoms with Gasteiger partial charge in [-0.2, -0.15) is 11.8 Å². The number of nitrogens with two attached hydrogens (primary N) is 1. The maximum atomic E-state index is 12.2. The van der Waals surface area contributed by atoms with E-state index in [9.17, 15) is 4.79 Å². The fourth-order valence-electron chi connectivity index (χ4n) is 1.63. The van der Waals surface area contributed by atoms with E-state index in [1.54, 1.807) is 6.92 Å². The zero-order valence-electron chi connectivity index (χ0n) is 12.5. The predicted octanol–water partition coefficient (Wildman–Crippen LogP) is 3.27. The molecule has 0 aromatic heterocycles. The molecular weight excluding hydrogens is 336 g/mol. The van der Waals surface area contributed by atoms with Crippen LogP contribution in [0.15, 0.2) is 28.7 Å². The van der Waals surface area contributed by atoms with Gasteiger partial charge in [0.05, 0.1) is 0 Å². The van der Waals surface area contributed by atoms with Gasteiger partial charge in [0, 0.05) is 21.5 Å². The monoisotopic (exact) mass is 358 g/mol. The molecule has 0 bridgehead atoms. The molecule has 3 nitrogen and oxygen atoms in total. The van der Waals surface area contributed by atoms with Gasteiger partial charge in [-0.3, -0.25) is 4.79 Å². The Hall–Kier alpha value is -0.520. The zero-order chi connectivity index (χ0) is 15.4. The quantitative estimate of drug-likeness (QED) is 0.794. The average Bonchev–Trinajstić information content (AvgIpc) is 2.33. The summed E-state index contributed by atoms with van der Waals surface area (Å²) in [5, 5.41) is 2.91. The Morgan fingerprint density at radius 1 is 1.25 bits per heavy atom. The molecule has 112 valence electrons. The third-order valence-corrected chi connectivity index (χ3v) is 4.64. The summed E-state index contributed by atoms with van der Waals surface area (Å²) in [5.74, 6) is 0.736. The van der Waals surface area contributed by atoms with Gasteiger partial charge in [0.1, 0.15) is 5.54 Å². The van der Waals surface area contributed by atoms with Crippen LogP contribution in [0.4, 0.5) is 0 Å². The largest absolute Gasteiger partial charge is 0.353 e. The van der Waals surface area contributed by atoms with E-state index in [2.05, 4.69) is 42.0 Å². The number of hydrogen-bond acceptors (Lipinski definition) is 3. The Morgan fingerprint density at radius 3 is 2.30 bits per heavy atom. The van der Waals surface area contributed by atoms with E-state index < -0.39 is 5.54 Å². The van der Waals surface area contributed by atoms with Crippen molar-refractivity contribution in [2.45, 2.75) is 38.0 Å². The molecule has 0 aliphatic carbocycles. The number of rotatable bonds is 5. The predicted molar refractivity (Wildman–Crippen MR) is 90.9 cm³/mol. The number of nitrogens with one attached hydrogen (secondary N) is 1. The number of thioether (sulfide) groups is 1. The Morgan fingerprint density at radius 2 is 1.80 bits per heavy atom. The first-order chi connectivity index (χ1) is 9.13. The highest BCUT2D eigenvalue weighted by Crippen LogP contribution is 2.23. The van der Waals surface area contributed by atoms with Gasteiger partial charge in [0.2, 0.25) is 5.91 Å². The lowest BCUT2D eigenvalue weighted by Crippen LogP contribution is -2.49. The van der Waals surface area contributed by atoms with Crippen LogP contribution < -0.4 is 11.1 Å². The molecule has 1 aromatic rings. The van der Waals surface area contributed by atoms with Crippen LogP contribution in [0.1, 0.15) is 33.3 Å². The molecule has 1 aromatic carbocycles. The smallest absolute Gasteiger partial charge is 0.244 e. The molecule has 1 atom stereocenters. The van der Waals surface area contributed by atoms with Gasteiger partial charge in [0.15, 0.2) is 0 Å². The Kier molecular flexibility index (Phi) is 6.10. The van der Waals surface area contributed by atoms with Crippen molar-refractivity contribution in [3.63, 3.8) is 0 Å². The van der Waals surface area contributed by atoms with Crippen molar-refractivity contribution in [1.29, 1.82) is 0 Å². The van der Waals surface area contributed by atoms with E-state index in [1.807, 2.05) is 36.0 Å². The second-order valence-electron chi connectivity index (χ2n) is 5.93. The lowest BCUT2D eigenvalue weighted by Gasteiger charge is -2.25. The first kappa shape index (κ1) is 17.5. The Bertz CT molecular complexity index is 452. The lowest BCUT2D eigenvalue weighted by molar-refractivity contribution is -0.125. The highest BCUT2D eigenvalue weighted by atomic mass is 79.9. The van der Waals surface area contributed by atoms with Gasteiger partial charge >= 0.3 is 0 Å². The number of benzene rings is 1. The molecule has 0 fully saturated rings. The highest BCUT2D eigenvalue weighted by molar-refractivity contribution is 9.10. The van der Waals surface area contributed by atoms with E-state index in [0.29, 0.717) is 6.54 Å². The molecule has 0 spiro atoms. The van der Waals surface area contributed by atoms with Crippen molar-refractivity contribution in [2.75, 3.05) is 12.3 Å². The highest BCUT2D eigenvalue weighted by Gasteiger charge is 2.30. The van der Waals surface area contributed by atoms with Crippen LogP contribution in [0.2, 0.25) is 0 Å². The van der Waals surface area contributed by atoms with Gasteiger partial charge in [-0.05, 0) is 24.6 Å². The third-order valence-electron chi connectivity index (χ3n) is 2.84. The lowest BCUT2D eigenvalue weighted by atomic mass is 9.92. The number of carbonyl (C=O) groups is 1. The van der Waals surface area contributed by atoms with Crippen molar-refractivity contribution in [3.05, 3.63) is 34.3 Å². The molecule has 1 rings (SSSR count). The van der Waals surface area contributed by atoms with Crippen LogP contribution in [-0.2, 0) is 10.3 Å². The topological polar surface area (TPSA) is 55.1 Å². The minimum Gasteiger partial charge on any atom is -0.353 e. The third kappa shape index (κ3) is 5.46. The molecule has 1 amide bonds. The Labute approximate surface area is 134 Å². The van der Waals surface area contributed by atoms with Crippen LogP contribution in [-0.4, -0.2) is 23.0 Å². The van der Waals surface area contributed by atoms with E-state index in [1.165, 1.54) is 0 Å². The van der Waals surface area contributed by atoms with Crippen LogP contribution >= 0.6 is 27.7 Å². The fourth-order valence-corrected chi connectivity index (χ4v) is 2.71. The van der Waals surface area contributed by atoms with Crippen molar-refractivity contribution < 1.29 is 4.79 Å². The van der Waals surface area contributed by atoms with Crippen LogP contribution in [0, 0.1) is 0 Å². The first-order valence-electron chi connectivity index (χ1n) is 6.60. The maximum Gasteiger partial charge on any atom is 0.244 e. The standard InChI is InChI=1S/C15H23BrN2OS/c1-14(2,3)20-10-9-18-13(19)15(4,17)11-5-7-12(16)8-6-11/h5-8H,9-10,17H2,1-4H3,(H,18,19). The summed E-state index contributed by atoms with van der Waals surface area (Å²) in [6, 6.07) is 7.52. The summed E-state index contributed by atoms with van der Waals surface area (Å²) < 4.78 is 1.18. The van der Waals surface area contributed by atoms with Crippen LogP contribution in [0.3, 0.4) is 0 Å². The number of amides is 1. The molecule has 0 aliphatic heterocycles. The van der Waals surface area contributed by atoms with Crippen LogP contribution in [0.25, 0.3) is 0 Å². The minimum absolute atomic E-state index is 0.144. The SMILES string of the molecule is CC(C)(C)SCCNC(=O)C(C)(N)c1ccc(Br)cc1. The maximum absolute atomic E-state index is 12.2. The number of hydrogen-bond donors (Lipinski definition) is 2. The van der Waals surface area contributed by atoms with Crippen molar-refractivity contribution in [1.82, 2.24) is 5.32 Å². The van der Waals surface area contributed by atoms with Gasteiger partial charge in [-0.1, -0.05) is 48.8 Å². The molecule has 20 heavy (non-hydrogen) atoms. The first-order valence-corrected chi connectivity index (χ1v) is 8.38. The van der Waals surface area contributed by atoms with Crippen molar-refractivity contribution in [2.24, 2.45) is 5.73 Å². The molecule has 5 heteroatoms. The van der Waals surface area contributed by atoms with E-state index in [0.717, 1.165) is 15.8 Å². The molecular formula is C15H23BrN2OS. The second-order valence-corrected chi connectivity index (χ2v) is 8.76. The molecule has 0 radical (unpaired) electrons. The zero-order valence-corrected chi connectivity index (χ0v) is 14.9. The van der Waals surface area contributed by atoms with Gasteiger partial charge < -0.3 is 11.1 Å². The van der Waals surface area contributed by atoms with E-state index in [-0.39, 0.29) is 10.7 Å². The number of halogens is 1. The molecule has 0 saturated heterocycles. The summed E-state index contributed by atoms with van der Waals surface area (Å²) in [4.78, 5) is 12.2. The summed E-state index contributed by atoms with van der Waals surface area (Å²) in [5.41, 5.74) is 5.97. The normalized spacial score (nSPS) is 14.7. The van der Waals surface area contributed by atoms with Gasteiger partial charge in [0.25, 0.3) is 0 Å². The average molecular weight is 359 g/mol. The Balaban J connectivity index is 2.55. The van der Waals surface area contributed by atoms with Crippen LogP contribution in [0.5, 0.6) is 0 Å². The molecule has 0 aliphatic rings. The summed E-state index contributed by atoms with van der Waals surface area (Å²) >= 11 is 5.20. The van der Waals surface area contributed by atoms with Gasteiger partial charge in [-0.25, -0.2) is 0 Å². The second kappa shape index (κ2) is 6.96. The molecule has 3 N–H and O–H groups in total. The summed E-state index contributed by atoms with van der Waals surface area (Å²) in [6.07, 6.45) is 0. The van der Waals surface area contributed by atoms with Gasteiger partial charge in [-0.15, -0.1) is 0 Å². The summed E-state index contributed by atoms with van der Waals surface area (Å²) in [7, 11) is 0. The molecule has 1 unspecified atom stereocenters. The molecule has 0 saturated carbocycles. The minimum atomic E-state index is -1.01. The summed E-state index contributed by atoms with van der Waals surface area (Å²) in [6.45, 7) is 8.85. The number of carbonyl (C=O) groups excluding carboxylic acids is 1. The van der Waals surface area contributed by atoms with Crippen molar-refractivity contribution >= 4 is 33.6 Å². The van der Waals surface area contributed by atoms with E-state index >= 15 is 0 Å². The van der Waals surface area contributed by atoms with E-state index in [4.69, 9.17) is 5.73 Å².